The van der Waals surface area contributed by atoms with Crippen LogP contribution >= 0.6 is 11.3 Å². The van der Waals surface area contributed by atoms with Crippen LogP contribution in [0.15, 0.2) is 35.7 Å². The Morgan fingerprint density at radius 1 is 1.25 bits per heavy atom. The second-order valence-corrected chi connectivity index (χ2v) is 6.96. The van der Waals surface area contributed by atoms with Crippen molar-refractivity contribution in [1.82, 2.24) is 10.2 Å². The van der Waals surface area contributed by atoms with Gasteiger partial charge < -0.3 is 5.32 Å². The first kappa shape index (κ1) is 17.4. The van der Waals surface area contributed by atoms with E-state index in [4.69, 9.17) is 0 Å². The van der Waals surface area contributed by atoms with E-state index in [0.717, 1.165) is 10.4 Å². The Bertz CT molecular complexity index is 670. The summed E-state index contributed by atoms with van der Waals surface area (Å²) in [4.78, 5) is 2.28. The fraction of sp³-hybridized carbons (Fsp3) is 0.412. The molecule has 0 spiro atoms. The zero-order chi connectivity index (χ0) is 17.2. The molecule has 3 rings (SSSR count). The summed E-state index contributed by atoms with van der Waals surface area (Å²) in [5, 5.41) is 5.17. The van der Waals surface area contributed by atoms with Crippen LogP contribution in [0.1, 0.15) is 12.0 Å². The zero-order valence-corrected chi connectivity index (χ0v) is 13.8. The van der Waals surface area contributed by atoms with E-state index >= 15 is 0 Å². The minimum atomic E-state index is -4.15. The molecule has 1 aromatic carbocycles. The number of rotatable bonds is 5. The van der Waals surface area contributed by atoms with E-state index in [1.165, 1.54) is 22.3 Å². The van der Waals surface area contributed by atoms with Crippen molar-refractivity contribution >= 4 is 11.3 Å². The highest BCUT2D eigenvalue weighted by Gasteiger charge is 2.34. The topological polar surface area (TPSA) is 15.3 Å². The number of thiophene rings is 1. The van der Waals surface area contributed by atoms with Gasteiger partial charge in [-0.05, 0) is 35.6 Å². The number of alkyl halides is 3. The number of nitrogens with zero attached hydrogens (tertiary/aromatic N) is 1. The first-order valence-electron chi connectivity index (χ1n) is 7.75. The predicted molar refractivity (Wildman–Crippen MR) is 87.5 cm³/mol. The summed E-state index contributed by atoms with van der Waals surface area (Å²) in [6, 6.07) is 8.72. The average molecular weight is 358 g/mol. The second-order valence-electron chi connectivity index (χ2n) is 6.01. The van der Waals surface area contributed by atoms with Crippen molar-refractivity contribution in [3.63, 3.8) is 0 Å². The fourth-order valence-electron chi connectivity index (χ4n) is 2.96. The van der Waals surface area contributed by atoms with Crippen molar-refractivity contribution in [2.24, 2.45) is 0 Å². The molecule has 130 valence electrons. The Morgan fingerprint density at radius 3 is 2.79 bits per heavy atom. The van der Waals surface area contributed by atoms with Crippen LogP contribution in [0, 0.1) is 5.82 Å². The lowest BCUT2D eigenvalue weighted by Gasteiger charge is -2.18. The molecule has 1 saturated heterocycles. The van der Waals surface area contributed by atoms with Gasteiger partial charge in [-0.15, -0.1) is 11.3 Å². The molecule has 0 aliphatic carbocycles. The summed E-state index contributed by atoms with van der Waals surface area (Å²) in [6.07, 6.45) is -3.46. The van der Waals surface area contributed by atoms with E-state index in [2.05, 4.69) is 5.32 Å². The SMILES string of the molecule is Fc1ccc(CNC2CCN(CC(F)(F)F)C2)cc1-c1cccs1. The van der Waals surface area contributed by atoms with Gasteiger partial charge in [0.15, 0.2) is 0 Å². The lowest BCUT2D eigenvalue weighted by Crippen LogP contribution is -2.36. The summed E-state index contributed by atoms with van der Waals surface area (Å²) < 4.78 is 51.2. The molecular formula is C17H18F4N2S. The molecule has 1 aromatic heterocycles. The molecule has 2 heterocycles. The molecule has 0 radical (unpaired) electrons. The van der Waals surface area contributed by atoms with Crippen LogP contribution in [-0.2, 0) is 6.54 Å². The van der Waals surface area contributed by atoms with Gasteiger partial charge in [0.25, 0.3) is 0 Å². The molecule has 1 aliphatic rings. The van der Waals surface area contributed by atoms with Crippen molar-refractivity contribution in [3.8, 4) is 10.4 Å². The summed E-state index contributed by atoms with van der Waals surface area (Å²) >= 11 is 1.47. The van der Waals surface area contributed by atoms with E-state index in [1.807, 2.05) is 17.5 Å². The highest BCUT2D eigenvalue weighted by Crippen LogP contribution is 2.28. The summed E-state index contributed by atoms with van der Waals surface area (Å²) in [6.45, 7) is 0.493. The van der Waals surface area contributed by atoms with Crippen molar-refractivity contribution in [2.75, 3.05) is 19.6 Å². The van der Waals surface area contributed by atoms with E-state index in [0.29, 0.717) is 31.6 Å². The highest BCUT2D eigenvalue weighted by molar-refractivity contribution is 7.13. The largest absolute Gasteiger partial charge is 0.401 e. The lowest BCUT2D eigenvalue weighted by atomic mass is 10.1. The van der Waals surface area contributed by atoms with Gasteiger partial charge in [-0.25, -0.2) is 4.39 Å². The first-order chi connectivity index (χ1) is 11.4. The predicted octanol–water partition coefficient (Wildman–Crippen LogP) is 4.28. The Hall–Kier alpha value is -1.44. The number of hydrogen-bond donors (Lipinski definition) is 1. The number of benzene rings is 1. The van der Waals surface area contributed by atoms with Gasteiger partial charge in [0.2, 0.25) is 0 Å². The Kier molecular flexibility index (Phi) is 5.22. The molecule has 0 amide bonds. The molecule has 0 bridgehead atoms. The third kappa shape index (κ3) is 4.55. The normalized spacial score (nSPS) is 19.1. The molecule has 24 heavy (non-hydrogen) atoms. The maximum absolute atomic E-state index is 14.0. The molecule has 1 atom stereocenters. The number of hydrogen-bond acceptors (Lipinski definition) is 3. The fourth-order valence-corrected chi connectivity index (χ4v) is 3.71. The van der Waals surface area contributed by atoms with Gasteiger partial charge in [0.05, 0.1) is 6.54 Å². The monoisotopic (exact) mass is 358 g/mol. The van der Waals surface area contributed by atoms with Gasteiger partial charge in [-0.3, -0.25) is 4.90 Å². The Labute approximate surface area is 142 Å². The molecule has 2 nitrogen and oxygen atoms in total. The van der Waals surface area contributed by atoms with Crippen LogP contribution in [0.25, 0.3) is 10.4 Å². The Balaban J connectivity index is 1.57. The van der Waals surface area contributed by atoms with Crippen LogP contribution in [-0.4, -0.2) is 36.8 Å². The summed E-state index contributed by atoms with van der Waals surface area (Å²) in [7, 11) is 0. The molecule has 2 aromatic rings. The molecule has 1 fully saturated rings. The van der Waals surface area contributed by atoms with Crippen LogP contribution in [0.3, 0.4) is 0 Å². The van der Waals surface area contributed by atoms with Crippen molar-refractivity contribution < 1.29 is 17.6 Å². The zero-order valence-electron chi connectivity index (χ0n) is 12.9. The molecular weight excluding hydrogens is 340 g/mol. The van der Waals surface area contributed by atoms with Crippen molar-refractivity contribution in [2.45, 2.75) is 25.2 Å². The number of likely N-dealkylation sites (tertiary alicyclic amines) is 1. The second kappa shape index (κ2) is 7.21. The standard InChI is InChI=1S/C17H18F4N2S/c18-15-4-3-12(8-14(15)16-2-1-7-24-16)9-22-13-5-6-23(10-13)11-17(19,20)21/h1-4,7-8,13,22H,5-6,9-11H2. The van der Waals surface area contributed by atoms with Gasteiger partial charge in [0.1, 0.15) is 5.82 Å². The highest BCUT2D eigenvalue weighted by atomic mass is 32.1. The van der Waals surface area contributed by atoms with Gasteiger partial charge in [-0.1, -0.05) is 12.1 Å². The van der Waals surface area contributed by atoms with Gasteiger partial charge in [0, 0.05) is 36.1 Å². The van der Waals surface area contributed by atoms with E-state index < -0.39 is 12.7 Å². The van der Waals surface area contributed by atoms with E-state index in [1.54, 1.807) is 12.1 Å². The minimum absolute atomic E-state index is 0.0302. The van der Waals surface area contributed by atoms with Crippen molar-refractivity contribution in [3.05, 3.63) is 47.1 Å². The smallest absolute Gasteiger partial charge is 0.309 e. The molecule has 0 saturated carbocycles. The van der Waals surface area contributed by atoms with Crippen LogP contribution in [0.4, 0.5) is 17.6 Å². The minimum Gasteiger partial charge on any atom is -0.309 e. The van der Waals surface area contributed by atoms with Crippen LogP contribution < -0.4 is 5.32 Å². The average Bonchev–Trinajstić information content (AvgIpc) is 3.16. The molecule has 7 heteroatoms. The molecule has 1 aliphatic heterocycles. The van der Waals surface area contributed by atoms with Crippen molar-refractivity contribution in [1.29, 1.82) is 0 Å². The van der Waals surface area contributed by atoms with Gasteiger partial charge in [-0.2, -0.15) is 13.2 Å². The molecule has 1 unspecified atom stereocenters. The van der Waals surface area contributed by atoms with Crippen LogP contribution in [0.2, 0.25) is 0 Å². The van der Waals surface area contributed by atoms with E-state index in [9.17, 15) is 17.6 Å². The lowest BCUT2D eigenvalue weighted by molar-refractivity contribution is -0.143. The molecule has 1 N–H and O–H groups in total. The first-order valence-corrected chi connectivity index (χ1v) is 8.63. The maximum Gasteiger partial charge on any atom is 0.401 e. The maximum atomic E-state index is 14.0. The van der Waals surface area contributed by atoms with Gasteiger partial charge >= 0.3 is 6.18 Å². The van der Waals surface area contributed by atoms with Crippen LogP contribution in [0.5, 0.6) is 0 Å². The third-order valence-corrected chi connectivity index (χ3v) is 4.99. The number of halogens is 4. The summed E-state index contributed by atoms with van der Waals surface area (Å²) in [5.74, 6) is -0.265. The quantitative estimate of drug-likeness (QED) is 0.803. The Morgan fingerprint density at radius 2 is 2.08 bits per heavy atom. The van der Waals surface area contributed by atoms with E-state index in [-0.39, 0.29) is 11.9 Å². The third-order valence-electron chi connectivity index (χ3n) is 4.09. The number of nitrogens with one attached hydrogen (secondary N) is 1. The summed E-state index contributed by atoms with van der Waals surface area (Å²) in [5.41, 5.74) is 1.49.